The third kappa shape index (κ3) is 3.55. The van der Waals surface area contributed by atoms with E-state index >= 15 is 0 Å². The van der Waals surface area contributed by atoms with Crippen LogP contribution in [0.3, 0.4) is 0 Å². The van der Waals surface area contributed by atoms with E-state index in [9.17, 15) is 0 Å². The minimum absolute atomic E-state index is 0.634. The SMILES string of the molecule is CN(Cc1nnc(C2CC2)n1C)[C@@H]1CCN(CCc2cccs2)C1. The Kier molecular flexibility index (Phi) is 4.70. The van der Waals surface area contributed by atoms with Crippen LogP contribution in [0.2, 0.25) is 0 Å². The number of likely N-dealkylation sites (tertiary alicyclic amines) is 1. The maximum absolute atomic E-state index is 4.44. The van der Waals surface area contributed by atoms with Gasteiger partial charge in [0.05, 0.1) is 6.54 Å². The van der Waals surface area contributed by atoms with Crippen LogP contribution in [0.5, 0.6) is 0 Å². The van der Waals surface area contributed by atoms with Crippen LogP contribution in [-0.4, -0.2) is 57.3 Å². The molecule has 5 nitrogen and oxygen atoms in total. The average molecular weight is 346 g/mol. The van der Waals surface area contributed by atoms with E-state index < -0.39 is 0 Å². The number of aromatic nitrogens is 3. The number of nitrogens with zero attached hydrogens (tertiary/aromatic N) is 5. The van der Waals surface area contributed by atoms with E-state index in [1.165, 1.54) is 56.0 Å². The van der Waals surface area contributed by atoms with Gasteiger partial charge in [0, 0.05) is 37.0 Å². The van der Waals surface area contributed by atoms with Crippen LogP contribution >= 0.6 is 11.3 Å². The highest BCUT2D eigenvalue weighted by Gasteiger charge is 2.30. The summed E-state index contributed by atoms with van der Waals surface area (Å²) >= 11 is 1.87. The second kappa shape index (κ2) is 6.94. The quantitative estimate of drug-likeness (QED) is 0.773. The summed E-state index contributed by atoms with van der Waals surface area (Å²) in [6, 6.07) is 5.03. The van der Waals surface area contributed by atoms with Crippen molar-refractivity contribution < 1.29 is 0 Å². The molecule has 1 aliphatic carbocycles. The fourth-order valence-electron chi connectivity index (χ4n) is 3.66. The normalized spacial score (nSPS) is 21.9. The van der Waals surface area contributed by atoms with E-state index in [-0.39, 0.29) is 0 Å². The van der Waals surface area contributed by atoms with Crippen LogP contribution in [0.1, 0.15) is 41.7 Å². The van der Waals surface area contributed by atoms with Crippen molar-refractivity contribution in [2.24, 2.45) is 7.05 Å². The van der Waals surface area contributed by atoms with Crippen LogP contribution in [0.4, 0.5) is 0 Å². The van der Waals surface area contributed by atoms with Crippen molar-refractivity contribution in [2.45, 2.75) is 44.2 Å². The van der Waals surface area contributed by atoms with Gasteiger partial charge in [-0.2, -0.15) is 0 Å². The van der Waals surface area contributed by atoms with E-state index in [1.807, 2.05) is 11.3 Å². The number of thiophene rings is 1. The minimum atomic E-state index is 0.634. The molecule has 1 aliphatic heterocycles. The second-order valence-corrected chi connectivity index (χ2v) is 8.33. The van der Waals surface area contributed by atoms with Crippen molar-refractivity contribution in [2.75, 3.05) is 26.7 Å². The third-order valence-corrected chi connectivity index (χ3v) is 6.39. The lowest BCUT2D eigenvalue weighted by molar-refractivity contribution is 0.219. The molecule has 1 saturated carbocycles. The summed E-state index contributed by atoms with van der Waals surface area (Å²) in [7, 11) is 4.36. The lowest BCUT2D eigenvalue weighted by Gasteiger charge is -2.24. The lowest BCUT2D eigenvalue weighted by atomic mass is 10.2. The standard InChI is InChI=1S/C18H27N5S/c1-21(13-17-19-20-18(22(17)2)14-5-6-14)15-7-9-23(12-15)10-8-16-4-3-11-24-16/h3-4,11,14-15H,5-10,12-13H2,1-2H3/t15-/m1/s1. The van der Waals surface area contributed by atoms with E-state index in [0.29, 0.717) is 12.0 Å². The Morgan fingerprint density at radius 3 is 2.92 bits per heavy atom. The summed E-state index contributed by atoms with van der Waals surface area (Å²) in [6.07, 6.45) is 5.00. The molecule has 130 valence electrons. The molecule has 4 rings (SSSR count). The van der Waals surface area contributed by atoms with E-state index in [0.717, 1.165) is 12.4 Å². The van der Waals surface area contributed by atoms with Crippen molar-refractivity contribution in [1.29, 1.82) is 0 Å². The summed E-state index contributed by atoms with van der Waals surface area (Å²) in [5, 5.41) is 11.0. The average Bonchev–Trinajstić information content (AvgIpc) is 3.00. The Morgan fingerprint density at radius 1 is 1.29 bits per heavy atom. The monoisotopic (exact) mass is 345 g/mol. The minimum Gasteiger partial charge on any atom is -0.317 e. The molecule has 2 aromatic heterocycles. The molecule has 24 heavy (non-hydrogen) atoms. The van der Waals surface area contributed by atoms with Gasteiger partial charge in [-0.15, -0.1) is 21.5 Å². The van der Waals surface area contributed by atoms with Gasteiger partial charge in [0.2, 0.25) is 0 Å². The first kappa shape index (κ1) is 16.2. The van der Waals surface area contributed by atoms with Crippen LogP contribution in [0.15, 0.2) is 17.5 Å². The molecule has 6 heteroatoms. The number of hydrogen-bond donors (Lipinski definition) is 0. The maximum atomic E-state index is 4.44. The Hall–Kier alpha value is -1.24. The first-order valence-corrected chi connectivity index (χ1v) is 9.92. The number of likely N-dealkylation sites (N-methyl/N-ethyl adjacent to an activating group) is 1. The van der Waals surface area contributed by atoms with Gasteiger partial charge < -0.3 is 9.47 Å². The summed E-state index contributed by atoms with van der Waals surface area (Å²) < 4.78 is 2.22. The molecule has 0 aromatic carbocycles. The van der Waals surface area contributed by atoms with E-state index in [1.54, 1.807) is 0 Å². The first-order chi connectivity index (χ1) is 11.7. The summed E-state index contributed by atoms with van der Waals surface area (Å²) in [4.78, 5) is 6.57. The summed E-state index contributed by atoms with van der Waals surface area (Å²) in [6.45, 7) is 4.47. The molecular weight excluding hydrogens is 318 g/mol. The van der Waals surface area contributed by atoms with Gasteiger partial charge in [-0.3, -0.25) is 4.90 Å². The Morgan fingerprint density at radius 2 is 2.17 bits per heavy atom. The van der Waals surface area contributed by atoms with Crippen molar-refractivity contribution >= 4 is 11.3 Å². The van der Waals surface area contributed by atoms with Gasteiger partial charge in [0.25, 0.3) is 0 Å². The number of rotatable bonds is 7. The van der Waals surface area contributed by atoms with Crippen LogP contribution in [0, 0.1) is 0 Å². The largest absolute Gasteiger partial charge is 0.317 e. The third-order valence-electron chi connectivity index (χ3n) is 5.46. The predicted molar refractivity (Wildman–Crippen MR) is 97.3 cm³/mol. The van der Waals surface area contributed by atoms with Gasteiger partial charge in [-0.25, -0.2) is 0 Å². The second-order valence-electron chi connectivity index (χ2n) is 7.30. The molecule has 0 unspecified atom stereocenters. The molecule has 0 N–H and O–H groups in total. The molecule has 1 atom stereocenters. The van der Waals surface area contributed by atoms with Gasteiger partial charge in [-0.05, 0) is 50.7 Å². The van der Waals surface area contributed by atoms with Gasteiger partial charge in [0.15, 0.2) is 0 Å². The molecular formula is C18H27N5S. The van der Waals surface area contributed by atoms with Crippen LogP contribution < -0.4 is 0 Å². The highest BCUT2D eigenvalue weighted by Crippen LogP contribution is 2.38. The highest BCUT2D eigenvalue weighted by molar-refractivity contribution is 7.09. The molecule has 0 bridgehead atoms. The molecule has 2 aromatic rings. The molecule has 1 saturated heterocycles. The summed E-state index contributed by atoms with van der Waals surface area (Å²) in [5.74, 6) is 2.96. The molecule has 0 spiro atoms. The Labute approximate surface area is 148 Å². The smallest absolute Gasteiger partial charge is 0.146 e. The Balaban J connectivity index is 1.28. The highest BCUT2D eigenvalue weighted by atomic mass is 32.1. The predicted octanol–water partition coefficient (Wildman–Crippen LogP) is 2.50. The lowest BCUT2D eigenvalue weighted by Crippen LogP contribution is -2.35. The topological polar surface area (TPSA) is 37.2 Å². The van der Waals surface area contributed by atoms with Crippen LogP contribution in [-0.2, 0) is 20.0 Å². The number of hydrogen-bond acceptors (Lipinski definition) is 5. The van der Waals surface area contributed by atoms with Crippen LogP contribution in [0.25, 0.3) is 0 Å². The molecule has 2 fully saturated rings. The first-order valence-electron chi connectivity index (χ1n) is 9.04. The van der Waals surface area contributed by atoms with Crippen molar-refractivity contribution in [3.05, 3.63) is 34.0 Å². The fraction of sp³-hybridized carbons (Fsp3) is 0.667. The van der Waals surface area contributed by atoms with E-state index in [4.69, 9.17) is 0 Å². The fourth-order valence-corrected chi connectivity index (χ4v) is 4.36. The zero-order valence-electron chi connectivity index (χ0n) is 14.7. The van der Waals surface area contributed by atoms with Crippen molar-refractivity contribution in [1.82, 2.24) is 24.6 Å². The zero-order chi connectivity index (χ0) is 16.5. The molecule has 2 aliphatic rings. The van der Waals surface area contributed by atoms with Gasteiger partial charge in [0.1, 0.15) is 11.6 Å². The molecule has 3 heterocycles. The van der Waals surface area contributed by atoms with Gasteiger partial charge >= 0.3 is 0 Å². The molecule has 0 amide bonds. The maximum Gasteiger partial charge on any atom is 0.146 e. The van der Waals surface area contributed by atoms with Crippen molar-refractivity contribution in [3.8, 4) is 0 Å². The Bertz CT molecular complexity index is 661. The van der Waals surface area contributed by atoms with Crippen molar-refractivity contribution in [3.63, 3.8) is 0 Å². The molecule has 0 radical (unpaired) electrons. The summed E-state index contributed by atoms with van der Waals surface area (Å²) in [5.41, 5.74) is 0. The zero-order valence-corrected chi connectivity index (χ0v) is 15.5. The van der Waals surface area contributed by atoms with Gasteiger partial charge in [-0.1, -0.05) is 6.07 Å². The van der Waals surface area contributed by atoms with E-state index in [2.05, 4.69) is 56.2 Å².